The fourth-order valence-electron chi connectivity index (χ4n) is 2.03. The van der Waals surface area contributed by atoms with Crippen molar-refractivity contribution in [1.29, 1.82) is 0 Å². The van der Waals surface area contributed by atoms with E-state index in [4.69, 9.17) is 21.1 Å². The van der Waals surface area contributed by atoms with Gasteiger partial charge in [-0.25, -0.2) is 9.97 Å². The molecule has 2 unspecified atom stereocenters. The van der Waals surface area contributed by atoms with Crippen LogP contribution in [0.25, 0.3) is 0 Å². The van der Waals surface area contributed by atoms with Crippen LogP contribution in [0.5, 0.6) is 0 Å². The van der Waals surface area contributed by atoms with Crippen LogP contribution < -0.4 is 5.32 Å². The quantitative estimate of drug-likeness (QED) is 0.832. The highest BCUT2D eigenvalue weighted by molar-refractivity contribution is 6.29. The molecule has 2 heterocycles. The molecule has 1 fully saturated rings. The largest absolute Gasteiger partial charge is 0.381 e. The van der Waals surface area contributed by atoms with Gasteiger partial charge in [0.2, 0.25) is 0 Å². The molecule has 100 valence electrons. The number of hydrogen-bond donors (Lipinski definition) is 1. The Bertz CT molecular complexity index is 397. The second-order valence-electron chi connectivity index (χ2n) is 4.48. The molecule has 0 spiro atoms. The van der Waals surface area contributed by atoms with E-state index in [0.29, 0.717) is 29.5 Å². The lowest BCUT2D eigenvalue weighted by atomic mass is 10.0. The molecule has 1 aliphatic heterocycles. The second-order valence-corrected chi connectivity index (χ2v) is 4.87. The Hall–Kier alpha value is -0.910. The first-order chi connectivity index (χ1) is 8.69. The Morgan fingerprint density at radius 1 is 1.61 bits per heavy atom. The average molecular weight is 272 g/mol. The van der Waals surface area contributed by atoms with E-state index >= 15 is 0 Å². The van der Waals surface area contributed by atoms with Crippen molar-refractivity contribution >= 4 is 17.4 Å². The van der Waals surface area contributed by atoms with Crippen LogP contribution in [0, 0.1) is 5.92 Å². The molecule has 0 radical (unpaired) electrons. The first kappa shape index (κ1) is 13.5. The summed E-state index contributed by atoms with van der Waals surface area (Å²) in [6.07, 6.45) is 1.08. The minimum atomic E-state index is 0.300. The Morgan fingerprint density at radius 2 is 2.44 bits per heavy atom. The van der Waals surface area contributed by atoms with E-state index in [9.17, 15) is 0 Å². The van der Waals surface area contributed by atoms with Gasteiger partial charge in [-0.2, -0.15) is 0 Å². The van der Waals surface area contributed by atoms with Gasteiger partial charge in [0.15, 0.2) is 5.82 Å². The lowest BCUT2D eigenvalue weighted by molar-refractivity contribution is 0.177. The Balaban J connectivity index is 2.03. The topological polar surface area (TPSA) is 56.3 Å². The van der Waals surface area contributed by atoms with Crippen molar-refractivity contribution in [2.45, 2.75) is 26.0 Å². The summed E-state index contributed by atoms with van der Waals surface area (Å²) in [5.41, 5.74) is 0. The van der Waals surface area contributed by atoms with Gasteiger partial charge in [-0.15, -0.1) is 0 Å². The summed E-state index contributed by atoms with van der Waals surface area (Å²) in [5.74, 6) is 1.84. The van der Waals surface area contributed by atoms with Crippen LogP contribution >= 0.6 is 11.6 Å². The Labute approximate surface area is 112 Å². The fraction of sp³-hybridized carbons (Fsp3) is 0.667. The van der Waals surface area contributed by atoms with Crippen LogP contribution in [0.3, 0.4) is 0 Å². The number of methoxy groups -OCH3 is 1. The van der Waals surface area contributed by atoms with E-state index < -0.39 is 0 Å². The monoisotopic (exact) mass is 271 g/mol. The van der Waals surface area contributed by atoms with E-state index in [1.54, 1.807) is 13.2 Å². The highest BCUT2D eigenvalue weighted by Crippen LogP contribution is 2.20. The summed E-state index contributed by atoms with van der Waals surface area (Å²) in [7, 11) is 1.61. The van der Waals surface area contributed by atoms with E-state index in [0.717, 1.165) is 25.5 Å². The Morgan fingerprint density at radius 3 is 3.11 bits per heavy atom. The van der Waals surface area contributed by atoms with Crippen LogP contribution in [0.4, 0.5) is 5.82 Å². The van der Waals surface area contributed by atoms with Crippen molar-refractivity contribution < 1.29 is 9.47 Å². The average Bonchev–Trinajstić information content (AvgIpc) is 2.81. The molecule has 0 saturated carbocycles. The zero-order valence-corrected chi connectivity index (χ0v) is 11.4. The lowest BCUT2D eigenvalue weighted by Crippen LogP contribution is -2.26. The highest BCUT2D eigenvalue weighted by Gasteiger charge is 2.22. The van der Waals surface area contributed by atoms with Crippen LogP contribution in [0.2, 0.25) is 5.15 Å². The van der Waals surface area contributed by atoms with Gasteiger partial charge < -0.3 is 14.8 Å². The number of nitrogens with one attached hydrogen (secondary N) is 1. The molecular formula is C12H18ClN3O2. The van der Waals surface area contributed by atoms with Crippen molar-refractivity contribution in [1.82, 2.24) is 9.97 Å². The van der Waals surface area contributed by atoms with Crippen molar-refractivity contribution in [3.05, 3.63) is 17.0 Å². The van der Waals surface area contributed by atoms with E-state index in [1.807, 2.05) is 0 Å². The lowest BCUT2D eigenvalue weighted by Gasteiger charge is -2.20. The predicted molar refractivity (Wildman–Crippen MR) is 69.8 cm³/mol. The summed E-state index contributed by atoms with van der Waals surface area (Å²) < 4.78 is 10.4. The number of aromatic nitrogens is 2. The zero-order valence-electron chi connectivity index (χ0n) is 10.6. The molecular weight excluding hydrogens is 254 g/mol. The maximum atomic E-state index is 5.96. The van der Waals surface area contributed by atoms with Crippen LogP contribution in [0.1, 0.15) is 19.2 Å². The fourth-order valence-corrected chi connectivity index (χ4v) is 2.23. The van der Waals surface area contributed by atoms with Gasteiger partial charge in [-0.05, 0) is 13.3 Å². The SMILES string of the molecule is COCc1nc(Cl)cc(NC(C)C2CCOC2)n1. The van der Waals surface area contributed by atoms with Crippen LogP contribution in [0.15, 0.2) is 6.07 Å². The molecule has 1 aliphatic rings. The zero-order chi connectivity index (χ0) is 13.0. The molecule has 1 saturated heterocycles. The highest BCUT2D eigenvalue weighted by atomic mass is 35.5. The third kappa shape index (κ3) is 3.54. The van der Waals surface area contributed by atoms with Crippen LogP contribution in [-0.4, -0.2) is 36.3 Å². The standard InChI is InChI=1S/C12H18ClN3O2/c1-8(9-3-4-18-6-9)14-11-5-10(13)15-12(16-11)7-17-2/h5,8-9H,3-4,6-7H2,1-2H3,(H,14,15,16). The van der Waals surface area contributed by atoms with Crippen molar-refractivity contribution in [3.8, 4) is 0 Å². The van der Waals surface area contributed by atoms with E-state index in [-0.39, 0.29) is 0 Å². The van der Waals surface area contributed by atoms with Gasteiger partial charge in [0.1, 0.15) is 17.6 Å². The summed E-state index contributed by atoms with van der Waals surface area (Å²) in [4.78, 5) is 8.46. The van der Waals surface area contributed by atoms with Crippen molar-refractivity contribution in [3.63, 3.8) is 0 Å². The summed E-state index contributed by atoms with van der Waals surface area (Å²) in [6, 6.07) is 2.03. The smallest absolute Gasteiger partial charge is 0.158 e. The molecule has 1 aromatic heterocycles. The number of hydrogen-bond acceptors (Lipinski definition) is 5. The molecule has 1 N–H and O–H groups in total. The minimum absolute atomic E-state index is 0.300. The maximum absolute atomic E-state index is 5.96. The number of ether oxygens (including phenoxy) is 2. The molecule has 2 rings (SSSR count). The third-order valence-electron chi connectivity index (χ3n) is 3.06. The molecule has 0 bridgehead atoms. The normalized spacial score (nSPS) is 20.9. The van der Waals surface area contributed by atoms with E-state index in [1.165, 1.54) is 0 Å². The summed E-state index contributed by atoms with van der Waals surface area (Å²) >= 11 is 5.96. The van der Waals surface area contributed by atoms with E-state index in [2.05, 4.69) is 22.2 Å². The van der Waals surface area contributed by atoms with Gasteiger partial charge in [0.05, 0.1) is 6.61 Å². The molecule has 0 amide bonds. The van der Waals surface area contributed by atoms with Gasteiger partial charge in [0, 0.05) is 31.7 Å². The number of halogens is 1. The Kier molecular flexibility index (Phi) is 4.74. The summed E-state index contributed by atoms with van der Waals surface area (Å²) in [6.45, 7) is 4.13. The van der Waals surface area contributed by atoms with Crippen molar-refractivity contribution in [2.24, 2.45) is 5.92 Å². The minimum Gasteiger partial charge on any atom is -0.381 e. The number of nitrogens with zero attached hydrogens (tertiary/aromatic N) is 2. The van der Waals surface area contributed by atoms with Gasteiger partial charge in [-0.3, -0.25) is 0 Å². The van der Waals surface area contributed by atoms with Crippen LogP contribution in [-0.2, 0) is 16.1 Å². The van der Waals surface area contributed by atoms with Crippen molar-refractivity contribution in [2.75, 3.05) is 25.6 Å². The third-order valence-corrected chi connectivity index (χ3v) is 3.26. The van der Waals surface area contributed by atoms with Gasteiger partial charge in [-0.1, -0.05) is 11.6 Å². The molecule has 2 atom stereocenters. The summed E-state index contributed by atoms with van der Waals surface area (Å²) in [5, 5.41) is 3.78. The first-order valence-electron chi connectivity index (χ1n) is 6.05. The van der Waals surface area contributed by atoms with Gasteiger partial charge >= 0.3 is 0 Å². The molecule has 5 nitrogen and oxygen atoms in total. The van der Waals surface area contributed by atoms with Gasteiger partial charge in [0.25, 0.3) is 0 Å². The molecule has 6 heteroatoms. The molecule has 0 aliphatic carbocycles. The number of rotatable bonds is 5. The predicted octanol–water partition coefficient (Wildman–Crippen LogP) is 2.11. The first-order valence-corrected chi connectivity index (χ1v) is 6.43. The molecule has 18 heavy (non-hydrogen) atoms. The second kappa shape index (κ2) is 6.31. The molecule has 0 aromatic carbocycles. The number of anilines is 1. The molecule has 1 aromatic rings. The maximum Gasteiger partial charge on any atom is 0.158 e.